The third-order valence-corrected chi connectivity index (χ3v) is 15.0. The lowest BCUT2D eigenvalue weighted by molar-refractivity contribution is 0.129. The molecule has 0 unspecified atom stereocenters. The van der Waals surface area contributed by atoms with Crippen molar-refractivity contribution in [1.82, 2.24) is 0 Å². The Morgan fingerprint density at radius 1 is 0.792 bits per heavy atom. The Hall–Kier alpha value is 0.314. The van der Waals surface area contributed by atoms with Crippen LogP contribution in [0.2, 0.25) is 36.3 Å². The van der Waals surface area contributed by atoms with Crippen molar-refractivity contribution in [3.8, 4) is 0 Å². The van der Waals surface area contributed by atoms with Gasteiger partial charge in [0.1, 0.15) is 0 Å². The van der Waals surface area contributed by atoms with Gasteiger partial charge >= 0.3 is 0 Å². The van der Waals surface area contributed by atoms with Crippen LogP contribution in [0.3, 0.4) is 0 Å². The van der Waals surface area contributed by atoms with Gasteiger partial charge in [-0.3, -0.25) is 0 Å². The number of hydrogen-bond donors (Lipinski definition) is 1. The maximum Gasteiger partial charge on any atom is 0.192 e. The molecule has 0 aliphatic heterocycles. The molecule has 146 valence electrons. The second-order valence-corrected chi connectivity index (χ2v) is 19.7. The summed E-state index contributed by atoms with van der Waals surface area (Å²) in [6.45, 7) is 24.0. The third-order valence-electron chi connectivity index (χ3n) is 5.91. The van der Waals surface area contributed by atoms with Crippen LogP contribution in [-0.2, 0) is 8.85 Å². The maximum atomic E-state index is 9.06. The molecule has 0 radical (unpaired) electrons. The summed E-state index contributed by atoms with van der Waals surface area (Å²) in [5.41, 5.74) is 0. The minimum atomic E-state index is -1.77. The smallest absolute Gasteiger partial charge is 0.192 e. The number of unbranched alkanes of at least 4 members (excludes halogenated alkanes) is 1. The Morgan fingerprint density at radius 2 is 1.29 bits per heavy atom. The summed E-state index contributed by atoms with van der Waals surface area (Å²) in [6, 6.07) is 0. The standard InChI is InChI=1S/C19H44O3Si2/c1-18(2,3)23(7,8)21-16-14-17(13-11-12-15-20)22-24(9,10)19(4,5)6/h17,20H,11-16H2,1-10H3/t17-/m0/s1. The van der Waals surface area contributed by atoms with E-state index in [4.69, 9.17) is 14.0 Å². The van der Waals surface area contributed by atoms with Gasteiger partial charge in [-0.15, -0.1) is 0 Å². The van der Waals surface area contributed by atoms with E-state index < -0.39 is 16.6 Å². The first kappa shape index (κ1) is 24.3. The maximum absolute atomic E-state index is 9.06. The molecule has 0 spiro atoms. The molecule has 3 nitrogen and oxygen atoms in total. The highest BCUT2D eigenvalue weighted by molar-refractivity contribution is 6.74. The zero-order valence-electron chi connectivity index (χ0n) is 18.1. The molecule has 24 heavy (non-hydrogen) atoms. The summed E-state index contributed by atoms with van der Waals surface area (Å²) < 4.78 is 13.0. The number of aliphatic hydroxyl groups excluding tert-OH is 1. The van der Waals surface area contributed by atoms with E-state index in [2.05, 4.69) is 67.7 Å². The Bertz CT molecular complexity index is 355. The Labute approximate surface area is 153 Å². The zero-order valence-corrected chi connectivity index (χ0v) is 20.1. The van der Waals surface area contributed by atoms with Crippen LogP contribution < -0.4 is 0 Å². The predicted octanol–water partition coefficient (Wildman–Crippen LogP) is 5.95. The quantitative estimate of drug-likeness (QED) is 0.378. The van der Waals surface area contributed by atoms with Crippen molar-refractivity contribution in [1.29, 1.82) is 0 Å². The van der Waals surface area contributed by atoms with Crippen LogP contribution in [0.5, 0.6) is 0 Å². The molecular weight excluding hydrogens is 332 g/mol. The number of aliphatic hydroxyl groups is 1. The van der Waals surface area contributed by atoms with Gasteiger partial charge in [0.2, 0.25) is 0 Å². The summed E-state index contributed by atoms with van der Waals surface area (Å²) in [6.07, 6.45) is 4.12. The average Bonchev–Trinajstić information content (AvgIpc) is 2.35. The number of rotatable bonds is 10. The molecule has 0 bridgehead atoms. The summed E-state index contributed by atoms with van der Waals surface area (Å²) >= 11 is 0. The molecule has 0 aliphatic carbocycles. The van der Waals surface area contributed by atoms with E-state index in [1.807, 2.05) is 0 Å². The van der Waals surface area contributed by atoms with E-state index in [0.29, 0.717) is 0 Å². The molecule has 0 saturated heterocycles. The van der Waals surface area contributed by atoms with Gasteiger partial charge in [0, 0.05) is 19.3 Å². The van der Waals surface area contributed by atoms with Gasteiger partial charge in [0.15, 0.2) is 16.6 Å². The molecule has 1 atom stereocenters. The molecule has 0 fully saturated rings. The van der Waals surface area contributed by atoms with Crippen molar-refractivity contribution in [2.75, 3.05) is 13.2 Å². The molecule has 0 amide bonds. The minimum Gasteiger partial charge on any atom is -0.417 e. The largest absolute Gasteiger partial charge is 0.417 e. The second kappa shape index (κ2) is 9.31. The van der Waals surface area contributed by atoms with Crippen molar-refractivity contribution in [3.05, 3.63) is 0 Å². The van der Waals surface area contributed by atoms with Crippen LogP contribution in [-0.4, -0.2) is 41.1 Å². The molecule has 0 aromatic carbocycles. The van der Waals surface area contributed by atoms with Gasteiger partial charge in [-0.05, 0) is 61.9 Å². The summed E-state index contributed by atoms with van der Waals surface area (Å²) in [5, 5.41) is 9.54. The summed E-state index contributed by atoms with van der Waals surface area (Å²) in [5.74, 6) is 0. The van der Waals surface area contributed by atoms with Crippen LogP contribution in [0.15, 0.2) is 0 Å². The SMILES string of the molecule is CC(C)(C)[Si](C)(C)OCC[C@H](CCCCO)O[Si](C)(C)C(C)(C)C. The molecule has 0 heterocycles. The van der Waals surface area contributed by atoms with Crippen LogP contribution in [0, 0.1) is 0 Å². The van der Waals surface area contributed by atoms with Crippen molar-refractivity contribution in [2.24, 2.45) is 0 Å². The van der Waals surface area contributed by atoms with Crippen molar-refractivity contribution >= 4 is 16.6 Å². The summed E-state index contributed by atoms with van der Waals surface area (Å²) in [4.78, 5) is 0. The first-order valence-electron chi connectivity index (χ1n) is 9.57. The van der Waals surface area contributed by atoms with Crippen LogP contribution in [0.4, 0.5) is 0 Å². The number of hydrogen-bond acceptors (Lipinski definition) is 3. The van der Waals surface area contributed by atoms with Crippen molar-refractivity contribution in [3.63, 3.8) is 0 Å². The van der Waals surface area contributed by atoms with Gasteiger partial charge in [0.25, 0.3) is 0 Å². The molecule has 0 aromatic rings. The van der Waals surface area contributed by atoms with Gasteiger partial charge in [-0.2, -0.15) is 0 Å². The Kier molecular flexibility index (Phi) is 9.43. The molecule has 5 heteroatoms. The molecule has 0 aliphatic rings. The second-order valence-electron chi connectivity index (χ2n) is 10.1. The van der Waals surface area contributed by atoms with Crippen LogP contribution >= 0.6 is 0 Å². The first-order valence-corrected chi connectivity index (χ1v) is 15.4. The van der Waals surface area contributed by atoms with Gasteiger partial charge in [-0.1, -0.05) is 41.5 Å². The fourth-order valence-electron chi connectivity index (χ4n) is 2.00. The molecule has 0 saturated carbocycles. The topological polar surface area (TPSA) is 38.7 Å². The van der Waals surface area contributed by atoms with Gasteiger partial charge in [0.05, 0.1) is 0 Å². The third kappa shape index (κ3) is 8.13. The highest BCUT2D eigenvalue weighted by Crippen LogP contribution is 2.39. The lowest BCUT2D eigenvalue weighted by atomic mass is 10.1. The van der Waals surface area contributed by atoms with Gasteiger partial charge < -0.3 is 14.0 Å². The average molecular weight is 377 g/mol. The first-order chi connectivity index (χ1) is 10.6. The van der Waals surface area contributed by atoms with Gasteiger partial charge in [-0.25, -0.2) is 0 Å². The lowest BCUT2D eigenvalue weighted by Gasteiger charge is -2.40. The minimum absolute atomic E-state index is 0.225. The highest BCUT2D eigenvalue weighted by Gasteiger charge is 2.40. The van der Waals surface area contributed by atoms with E-state index in [0.717, 1.165) is 32.3 Å². The fourth-order valence-corrected chi connectivity index (χ4v) is 4.49. The normalized spacial score (nSPS) is 15.6. The Balaban J connectivity index is 4.74. The van der Waals surface area contributed by atoms with E-state index in [1.165, 1.54) is 0 Å². The molecule has 0 aromatic heterocycles. The van der Waals surface area contributed by atoms with E-state index in [1.54, 1.807) is 0 Å². The van der Waals surface area contributed by atoms with Crippen LogP contribution in [0.1, 0.15) is 67.2 Å². The molecule has 0 rings (SSSR count). The fraction of sp³-hybridized carbons (Fsp3) is 1.00. The van der Waals surface area contributed by atoms with Crippen molar-refractivity contribution in [2.45, 2.75) is 110 Å². The monoisotopic (exact) mass is 376 g/mol. The van der Waals surface area contributed by atoms with Crippen LogP contribution in [0.25, 0.3) is 0 Å². The molecule has 1 N–H and O–H groups in total. The van der Waals surface area contributed by atoms with Crippen molar-refractivity contribution < 1.29 is 14.0 Å². The predicted molar refractivity (Wildman–Crippen MR) is 111 cm³/mol. The van der Waals surface area contributed by atoms with E-state index in [-0.39, 0.29) is 22.8 Å². The van der Waals surface area contributed by atoms with E-state index >= 15 is 0 Å². The van der Waals surface area contributed by atoms with E-state index in [9.17, 15) is 0 Å². The Morgan fingerprint density at radius 3 is 1.71 bits per heavy atom. The summed E-state index contributed by atoms with van der Waals surface area (Å²) in [7, 11) is -3.46. The molecular formula is C19H44O3Si2. The highest BCUT2D eigenvalue weighted by atomic mass is 28.4. The zero-order chi connectivity index (χ0) is 19.2. The lowest BCUT2D eigenvalue weighted by Crippen LogP contribution is -2.45.